The molecule has 22 heavy (non-hydrogen) atoms. The number of imidazole rings is 1. The SMILES string of the molecule is NC(CCn1ccnc1Cl)C(=O)N1CC[C@@H]2CCCC[C@H]2C1. The van der Waals surface area contributed by atoms with Gasteiger partial charge in [-0.3, -0.25) is 4.79 Å². The van der Waals surface area contributed by atoms with E-state index in [2.05, 4.69) is 4.98 Å². The van der Waals surface area contributed by atoms with Crippen LogP contribution in [0.2, 0.25) is 5.28 Å². The highest BCUT2D eigenvalue weighted by atomic mass is 35.5. The molecule has 1 aliphatic carbocycles. The van der Waals surface area contributed by atoms with E-state index in [1.165, 1.54) is 25.7 Å². The number of nitrogens with two attached hydrogens (primary N) is 1. The lowest BCUT2D eigenvalue weighted by Crippen LogP contribution is -2.50. The van der Waals surface area contributed by atoms with Gasteiger partial charge in [-0.05, 0) is 42.7 Å². The van der Waals surface area contributed by atoms with Crippen LogP contribution in [0, 0.1) is 11.8 Å². The van der Waals surface area contributed by atoms with Crippen LogP contribution >= 0.6 is 11.6 Å². The quantitative estimate of drug-likeness (QED) is 0.924. The topological polar surface area (TPSA) is 64.2 Å². The van der Waals surface area contributed by atoms with E-state index in [0.717, 1.165) is 25.4 Å². The zero-order valence-corrected chi connectivity index (χ0v) is 13.7. The summed E-state index contributed by atoms with van der Waals surface area (Å²) < 4.78 is 1.82. The Morgan fingerprint density at radius 1 is 1.36 bits per heavy atom. The molecule has 5 nitrogen and oxygen atoms in total. The predicted molar refractivity (Wildman–Crippen MR) is 86.5 cm³/mol. The fourth-order valence-corrected chi connectivity index (χ4v) is 4.11. The Hall–Kier alpha value is -1.07. The van der Waals surface area contributed by atoms with E-state index in [9.17, 15) is 4.79 Å². The standard InChI is InChI=1S/C16H25ClN4O/c17-16-19-7-10-20(16)9-6-14(18)15(22)21-8-5-12-3-1-2-4-13(12)11-21/h7,10,12-14H,1-6,8-9,11,18H2/t12-,13-,14?/m0/s1. The summed E-state index contributed by atoms with van der Waals surface area (Å²) in [5.74, 6) is 1.63. The van der Waals surface area contributed by atoms with Gasteiger partial charge in [-0.1, -0.05) is 19.3 Å². The molecule has 1 saturated carbocycles. The minimum atomic E-state index is -0.446. The van der Waals surface area contributed by atoms with Crippen LogP contribution in [0.5, 0.6) is 0 Å². The van der Waals surface area contributed by atoms with Crippen LogP contribution < -0.4 is 5.73 Å². The smallest absolute Gasteiger partial charge is 0.239 e. The molecule has 2 aliphatic rings. The van der Waals surface area contributed by atoms with Gasteiger partial charge in [0.15, 0.2) is 0 Å². The summed E-state index contributed by atoms with van der Waals surface area (Å²) in [4.78, 5) is 18.5. The minimum absolute atomic E-state index is 0.0975. The van der Waals surface area contributed by atoms with E-state index in [4.69, 9.17) is 17.3 Å². The van der Waals surface area contributed by atoms with Gasteiger partial charge < -0.3 is 15.2 Å². The number of nitrogens with zero attached hydrogens (tertiary/aromatic N) is 3. The number of amides is 1. The van der Waals surface area contributed by atoms with Crippen molar-refractivity contribution >= 4 is 17.5 Å². The van der Waals surface area contributed by atoms with E-state index in [-0.39, 0.29) is 5.91 Å². The molecule has 3 rings (SSSR count). The Morgan fingerprint density at radius 2 is 2.14 bits per heavy atom. The van der Waals surface area contributed by atoms with Gasteiger partial charge in [0.2, 0.25) is 11.2 Å². The molecule has 122 valence electrons. The van der Waals surface area contributed by atoms with Crippen LogP contribution in [0.25, 0.3) is 0 Å². The molecule has 2 N–H and O–H groups in total. The first-order valence-electron chi connectivity index (χ1n) is 8.36. The van der Waals surface area contributed by atoms with Crippen molar-refractivity contribution < 1.29 is 4.79 Å². The van der Waals surface area contributed by atoms with Crippen molar-refractivity contribution in [2.75, 3.05) is 13.1 Å². The lowest BCUT2D eigenvalue weighted by molar-refractivity contribution is -0.135. The molecule has 6 heteroatoms. The molecule has 0 bridgehead atoms. The first-order valence-corrected chi connectivity index (χ1v) is 8.74. The average Bonchev–Trinajstić information content (AvgIpc) is 2.96. The molecule has 0 aromatic carbocycles. The molecule has 2 heterocycles. The van der Waals surface area contributed by atoms with Crippen LogP contribution in [0.4, 0.5) is 0 Å². The van der Waals surface area contributed by atoms with Crippen molar-refractivity contribution in [1.82, 2.24) is 14.5 Å². The van der Waals surface area contributed by atoms with Gasteiger partial charge in [0.25, 0.3) is 0 Å². The summed E-state index contributed by atoms with van der Waals surface area (Å²) >= 11 is 5.94. The van der Waals surface area contributed by atoms with E-state index >= 15 is 0 Å². The molecule has 2 fully saturated rings. The second kappa shape index (κ2) is 7.01. The number of hydrogen-bond acceptors (Lipinski definition) is 3. The van der Waals surface area contributed by atoms with Crippen LogP contribution in [0.15, 0.2) is 12.4 Å². The van der Waals surface area contributed by atoms with E-state index in [1.807, 2.05) is 15.7 Å². The van der Waals surface area contributed by atoms with Gasteiger partial charge in [-0.25, -0.2) is 4.98 Å². The lowest BCUT2D eigenvalue weighted by Gasteiger charge is -2.42. The molecule has 3 atom stereocenters. The minimum Gasteiger partial charge on any atom is -0.341 e. The van der Waals surface area contributed by atoms with Crippen LogP contribution in [-0.4, -0.2) is 39.5 Å². The highest BCUT2D eigenvalue weighted by Gasteiger charge is 2.34. The number of carbonyl (C=O) groups excluding carboxylic acids is 1. The first-order chi connectivity index (χ1) is 10.6. The zero-order chi connectivity index (χ0) is 15.5. The summed E-state index contributed by atoms with van der Waals surface area (Å²) in [5, 5.41) is 0.447. The number of aryl methyl sites for hydroxylation is 1. The number of likely N-dealkylation sites (tertiary alicyclic amines) is 1. The maximum absolute atomic E-state index is 12.6. The molecule has 1 saturated heterocycles. The number of fused-ring (bicyclic) bond motifs is 1. The average molecular weight is 325 g/mol. The largest absolute Gasteiger partial charge is 0.341 e. The van der Waals surface area contributed by atoms with Crippen molar-refractivity contribution in [3.8, 4) is 0 Å². The zero-order valence-electron chi connectivity index (χ0n) is 13.0. The van der Waals surface area contributed by atoms with E-state index in [0.29, 0.717) is 24.2 Å². The normalized spacial score (nSPS) is 26.5. The summed E-state index contributed by atoms with van der Waals surface area (Å²) in [6.45, 7) is 2.41. The first kappa shape index (κ1) is 15.8. The molecular weight excluding hydrogens is 300 g/mol. The van der Waals surface area contributed by atoms with Crippen LogP contribution in [0.3, 0.4) is 0 Å². The number of rotatable bonds is 4. The molecule has 1 aromatic heterocycles. The summed E-state index contributed by atoms with van der Waals surface area (Å²) in [6, 6.07) is -0.446. The summed E-state index contributed by atoms with van der Waals surface area (Å²) in [7, 11) is 0. The molecular formula is C16H25ClN4O. The maximum atomic E-state index is 12.6. The third-order valence-electron chi connectivity index (χ3n) is 5.27. The number of piperidine rings is 1. The van der Waals surface area contributed by atoms with E-state index < -0.39 is 6.04 Å². The lowest BCUT2D eigenvalue weighted by atomic mass is 9.75. The Kier molecular flexibility index (Phi) is 5.03. The van der Waals surface area contributed by atoms with Crippen molar-refractivity contribution in [3.05, 3.63) is 17.7 Å². The van der Waals surface area contributed by atoms with Crippen molar-refractivity contribution in [3.63, 3.8) is 0 Å². The number of carbonyl (C=O) groups is 1. The summed E-state index contributed by atoms with van der Waals surface area (Å²) in [5.41, 5.74) is 6.11. The number of halogens is 1. The third-order valence-corrected chi connectivity index (χ3v) is 5.58. The van der Waals surface area contributed by atoms with Gasteiger partial charge >= 0.3 is 0 Å². The maximum Gasteiger partial charge on any atom is 0.239 e. The Balaban J connectivity index is 1.51. The molecule has 0 spiro atoms. The highest BCUT2D eigenvalue weighted by molar-refractivity contribution is 6.28. The predicted octanol–water partition coefficient (Wildman–Crippen LogP) is 2.29. The van der Waals surface area contributed by atoms with Gasteiger partial charge in [-0.2, -0.15) is 0 Å². The summed E-state index contributed by atoms with van der Waals surface area (Å²) in [6.07, 6.45) is 10.5. The van der Waals surface area contributed by atoms with Crippen molar-refractivity contribution in [1.29, 1.82) is 0 Å². The Labute approximate surface area is 136 Å². The van der Waals surface area contributed by atoms with Gasteiger partial charge in [0.05, 0.1) is 6.04 Å². The highest BCUT2D eigenvalue weighted by Crippen LogP contribution is 2.36. The second-order valence-corrected chi connectivity index (χ2v) is 7.00. The molecule has 0 radical (unpaired) electrons. The second-order valence-electron chi connectivity index (χ2n) is 6.66. The van der Waals surface area contributed by atoms with Gasteiger partial charge in [0.1, 0.15) is 0 Å². The van der Waals surface area contributed by atoms with Crippen molar-refractivity contribution in [2.24, 2.45) is 17.6 Å². The molecule has 1 aromatic rings. The van der Waals surface area contributed by atoms with Gasteiger partial charge in [0, 0.05) is 32.0 Å². The fourth-order valence-electron chi connectivity index (χ4n) is 3.91. The third kappa shape index (κ3) is 3.46. The number of hydrogen-bond donors (Lipinski definition) is 1. The molecule has 1 aliphatic heterocycles. The monoisotopic (exact) mass is 324 g/mol. The van der Waals surface area contributed by atoms with Crippen molar-refractivity contribution in [2.45, 2.75) is 51.1 Å². The molecule has 1 unspecified atom stereocenters. The van der Waals surface area contributed by atoms with Crippen LogP contribution in [-0.2, 0) is 11.3 Å². The van der Waals surface area contributed by atoms with Crippen LogP contribution in [0.1, 0.15) is 38.5 Å². The Bertz CT molecular complexity index is 518. The van der Waals surface area contributed by atoms with Gasteiger partial charge in [-0.15, -0.1) is 0 Å². The molecule has 1 amide bonds. The van der Waals surface area contributed by atoms with E-state index in [1.54, 1.807) is 6.20 Å². The Morgan fingerprint density at radius 3 is 2.86 bits per heavy atom. The number of aromatic nitrogens is 2. The fraction of sp³-hybridized carbons (Fsp3) is 0.750.